The Balaban J connectivity index is 2.00. The summed E-state index contributed by atoms with van der Waals surface area (Å²) in [6.45, 7) is 0. The van der Waals surface area contributed by atoms with E-state index in [-0.39, 0.29) is 11.5 Å². The first-order valence-corrected chi connectivity index (χ1v) is 6.90. The molecule has 0 amide bonds. The Morgan fingerprint density at radius 2 is 1.77 bits per heavy atom. The highest BCUT2D eigenvalue weighted by molar-refractivity contribution is 6.42. The number of nitrogens with zero attached hydrogens (tertiary/aromatic N) is 1. The molecular formula is C15H10Cl2N2O3. The van der Waals surface area contributed by atoms with E-state index in [1.807, 2.05) is 0 Å². The van der Waals surface area contributed by atoms with E-state index in [9.17, 15) is 14.9 Å². The van der Waals surface area contributed by atoms with Crippen LogP contribution in [0, 0.1) is 10.1 Å². The van der Waals surface area contributed by atoms with Gasteiger partial charge in [0.1, 0.15) is 0 Å². The number of anilines is 1. The molecule has 0 aromatic heterocycles. The van der Waals surface area contributed by atoms with E-state index in [4.69, 9.17) is 23.2 Å². The summed E-state index contributed by atoms with van der Waals surface area (Å²) in [7, 11) is 0. The predicted octanol–water partition coefficient (Wildman–Crippen LogP) is 4.71. The van der Waals surface area contributed by atoms with Gasteiger partial charge in [-0.05, 0) is 30.3 Å². The number of non-ortho nitro benzene ring substituents is 1. The SMILES string of the molecule is O=C(/C=C\Nc1ccc([N+](=O)[O-])cc1)c1ccc(Cl)c(Cl)c1. The fourth-order valence-electron chi connectivity index (χ4n) is 1.64. The molecule has 0 radical (unpaired) electrons. The number of ketones is 1. The van der Waals surface area contributed by atoms with Crippen LogP contribution in [0.1, 0.15) is 10.4 Å². The zero-order valence-electron chi connectivity index (χ0n) is 11.1. The fraction of sp³-hybridized carbons (Fsp3) is 0. The van der Waals surface area contributed by atoms with Crippen molar-refractivity contribution >= 4 is 40.4 Å². The first-order valence-electron chi connectivity index (χ1n) is 6.14. The van der Waals surface area contributed by atoms with Crippen LogP contribution in [0.25, 0.3) is 0 Å². The third-order valence-corrected chi connectivity index (χ3v) is 3.51. The van der Waals surface area contributed by atoms with Gasteiger partial charge in [0.2, 0.25) is 0 Å². The number of nitro benzene ring substituents is 1. The van der Waals surface area contributed by atoms with E-state index in [0.717, 1.165) is 0 Å². The molecule has 0 spiro atoms. The largest absolute Gasteiger partial charge is 0.362 e. The normalized spacial score (nSPS) is 10.6. The van der Waals surface area contributed by atoms with Crippen LogP contribution >= 0.6 is 23.2 Å². The van der Waals surface area contributed by atoms with E-state index >= 15 is 0 Å². The Kier molecular flexibility index (Phi) is 5.14. The Hall–Kier alpha value is -2.37. The summed E-state index contributed by atoms with van der Waals surface area (Å²) in [6.07, 6.45) is 2.78. The summed E-state index contributed by atoms with van der Waals surface area (Å²) in [6, 6.07) is 10.5. The minimum atomic E-state index is -0.479. The molecule has 0 aliphatic heterocycles. The molecule has 0 aliphatic rings. The average molecular weight is 337 g/mol. The molecule has 0 unspecified atom stereocenters. The zero-order chi connectivity index (χ0) is 16.1. The van der Waals surface area contributed by atoms with Crippen LogP contribution in [0.4, 0.5) is 11.4 Å². The second-order valence-electron chi connectivity index (χ2n) is 4.27. The van der Waals surface area contributed by atoms with Crippen LogP contribution in [-0.4, -0.2) is 10.7 Å². The maximum Gasteiger partial charge on any atom is 0.269 e. The average Bonchev–Trinajstić information content (AvgIpc) is 2.50. The van der Waals surface area contributed by atoms with E-state index in [1.165, 1.54) is 30.5 Å². The molecule has 0 heterocycles. The molecule has 0 saturated heterocycles. The second-order valence-corrected chi connectivity index (χ2v) is 5.09. The molecule has 112 valence electrons. The maximum atomic E-state index is 11.9. The highest BCUT2D eigenvalue weighted by atomic mass is 35.5. The first-order chi connectivity index (χ1) is 10.5. The minimum absolute atomic E-state index is 0.00131. The summed E-state index contributed by atoms with van der Waals surface area (Å²) in [4.78, 5) is 22.0. The molecule has 1 N–H and O–H groups in total. The summed E-state index contributed by atoms with van der Waals surface area (Å²) in [5.74, 6) is -0.243. The molecular weight excluding hydrogens is 327 g/mol. The third kappa shape index (κ3) is 4.07. The van der Waals surface area contributed by atoms with Crippen LogP contribution in [-0.2, 0) is 0 Å². The Labute approximate surface area is 136 Å². The van der Waals surface area contributed by atoms with E-state index in [0.29, 0.717) is 21.3 Å². The first kappa shape index (κ1) is 16.0. The monoisotopic (exact) mass is 336 g/mol. The number of allylic oxidation sites excluding steroid dienone is 1. The van der Waals surface area contributed by atoms with E-state index in [2.05, 4.69) is 5.32 Å². The lowest BCUT2D eigenvalue weighted by atomic mass is 10.1. The molecule has 22 heavy (non-hydrogen) atoms. The van der Waals surface area contributed by atoms with Gasteiger partial charge in [0.15, 0.2) is 5.78 Å². The molecule has 0 bridgehead atoms. The van der Waals surface area contributed by atoms with Crippen molar-refractivity contribution in [2.24, 2.45) is 0 Å². The smallest absolute Gasteiger partial charge is 0.269 e. The van der Waals surface area contributed by atoms with Gasteiger partial charge in [-0.1, -0.05) is 23.2 Å². The summed E-state index contributed by atoms with van der Waals surface area (Å²) < 4.78 is 0. The van der Waals surface area contributed by atoms with Gasteiger partial charge >= 0.3 is 0 Å². The number of hydrogen-bond donors (Lipinski definition) is 1. The lowest BCUT2D eigenvalue weighted by Gasteiger charge is -2.01. The molecule has 5 nitrogen and oxygen atoms in total. The molecule has 2 aromatic rings. The summed E-state index contributed by atoms with van der Waals surface area (Å²) >= 11 is 11.6. The molecule has 2 aromatic carbocycles. The lowest BCUT2D eigenvalue weighted by Crippen LogP contribution is -1.96. The lowest BCUT2D eigenvalue weighted by molar-refractivity contribution is -0.384. The molecule has 0 saturated carbocycles. The van der Waals surface area contributed by atoms with Crippen molar-refractivity contribution in [2.45, 2.75) is 0 Å². The van der Waals surface area contributed by atoms with Crippen LogP contribution in [0.3, 0.4) is 0 Å². The predicted molar refractivity (Wildman–Crippen MR) is 86.7 cm³/mol. The fourth-order valence-corrected chi connectivity index (χ4v) is 1.94. The van der Waals surface area contributed by atoms with Crippen molar-refractivity contribution in [3.63, 3.8) is 0 Å². The van der Waals surface area contributed by atoms with Crippen molar-refractivity contribution < 1.29 is 9.72 Å². The number of carbonyl (C=O) groups is 1. The van der Waals surface area contributed by atoms with Crippen molar-refractivity contribution in [2.75, 3.05) is 5.32 Å². The Morgan fingerprint density at radius 3 is 2.36 bits per heavy atom. The van der Waals surface area contributed by atoms with Gasteiger partial charge in [0.25, 0.3) is 5.69 Å². The topological polar surface area (TPSA) is 72.2 Å². The van der Waals surface area contributed by atoms with Gasteiger partial charge in [0.05, 0.1) is 15.0 Å². The number of hydrogen-bond acceptors (Lipinski definition) is 4. The van der Waals surface area contributed by atoms with Gasteiger partial charge in [-0.25, -0.2) is 0 Å². The van der Waals surface area contributed by atoms with Gasteiger partial charge in [-0.3, -0.25) is 14.9 Å². The van der Waals surface area contributed by atoms with Crippen molar-refractivity contribution in [1.29, 1.82) is 0 Å². The Morgan fingerprint density at radius 1 is 1.09 bits per heavy atom. The number of halogens is 2. The summed E-state index contributed by atoms with van der Waals surface area (Å²) in [5, 5.41) is 14.1. The van der Waals surface area contributed by atoms with E-state index in [1.54, 1.807) is 24.3 Å². The van der Waals surface area contributed by atoms with E-state index < -0.39 is 4.92 Å². The highest BCUT2D eigenvalue weighted by Crippen LogP contribution is 2.23. The molecule has 0 aliphatic carbocycles. The molecule has 0 atom stereocenters. The van der Waals surface area contributed by atoms with Crippen LogP contribution in [0.15, 0.2) is 54.7 Å². The summed E-state index contributed by atoms with van der Waals surface area (Å²) in [5.41, 5.74) is 1.04. The van der Waals surface area contributed by atoms with Gasteiger partial charge < -0.3 is 5.32 Å². The molecule has 7 heteroatoms. The standard InChI is InChI=1S/C15H10Cl2N2O3/c16-13-6-1-10(9-14(13)17)15(20)7-8-18-11-2-4-12(5-3-11)19(21)22/h1-9,18H/b8-7-. The number of nitrogens with one attached hydrogen (secondary N) is 1. The number of rotatable bonds is 5. The quantitative estimate of drug-likeness (QED) is 0.371. The molecule has 2 rings (SSSR count). The minimum Gasteiger partial charge on any atom is -0.362 e. The van der Waals surface area contributed by atoms with Crippen molar-refractivity contribution in [3.8, 4) is 0 Å². The van der Waals surface area contributed by atoms with Gasteiger partial charge in [-0.2, -0.15) is 0 Å². The Bertz CT molecular complexity index is 743. The maximum absolute atomic E-state index is 11.9. The van der Waals surface area contributed by atoms with Crippen molar-refractivity contribution in [1.82, 2.24) is 0 Å². The molecule has 0 fully saturated rings. The number of carbonyl (C=O) groups excluding carboxylic acids is 1. The van der Waals surface area contributed by atoms with Crippen molar-refractivity contribution in [3.05, 3.63) is 80.5 Å². The van der Waals surface area contributed by atoms with Gasteiger partial charge in [0, 0.05) is 35.7 Å². The van der Waals surface area contributed by atoms with Crippen LogP contribution < -0.4 is 5.32 Å². The zero-order valence-corrected chi connectivity index (χ0v) is 12.6. The van der Waals surface area contributed by atoms with Crippen LogP contribution in [0.5, 0.6) is 0 Å². The highest BCUT2D eigenvalue weighted by Gasteiger charge is 2.05. The van der Waals surface area contributed by atoms with Gasteiger partial charge in [-0.15, -0.1) is 0 Å². The number of benzene rings is 2. The second kappa shape index (κ2) is 7.06. The van der Waals surface area contributed by atoms with Crippen LogP contribution in [0.2, 0.25) is 10.0 Å². The number of nitro groups is 1. The third-order valence-electron chi connectivity index (χ3n) is 2.77.